The third-order valence-electron chi connectivity index (χ3n) is 2.21. The van der Waals surface area contributed by atoms with Crippen LogP contribution in [0.3, 0.4) is 0 Å². The Hall–Kier alpha value is -1.35. The first-order chi connectivity index (χ1) is 7.88. The van der Waals surface area contributed by atoms with Gasteiger partial charge in [0.2, 0.25) is 0 Å². The highest BCUT2D eigenvalue weighted by Crippen LogP contribution is 2.15. The maximum Gasteiger partial charge on any atom is 0.144 e. The second-order valence-electron chi connectivity index (χ2n) is 3.53. The van der Waals surface area contributed by atoms with E-state index < -0.39 is 0 Å². The molecule has 1 N–H and O–H groups in total. The van der Waals surface area contributed by atoms with Crippen molar-refractivity contribution in [1.29, 1.82) is 0 Å². The van der Waals surface area contributed by atoms with Crippen LogP contribution in [0.15, 0.2) is 24.4 Å². The van der Waals surface area contributed by atoms with Gasteiger partial charge < -0.3 is 10.1 Å². The lowest BCUT2D eigenvalue weighted by molar-refractivity contribution is 0.412. The van der Waals surface area contributed by atoms with E-state index in [2.05, 4.69) is 23.3 Å². The Morgan fingerprint density at radius 2 is 2.31 bits per heavy atom. The van der Waals surface area contributed by atoms with Crippen LogP contribution in [-0.4, -0.2) is 25.2 Å². The largest absolute Gasteiger partial charge is 0.494 e. The van der Waals surface area contributed by atoms with Gasteiger partial charge in [-0.05, 0) is 44.1 Å². The van der Waals surface area contributed by atoms with Gasteiger partial charge in [0.1, 0.15) is 11.4 Å². The molecule has 0 spiro atoms. The highest BCUT2D eigenvalue weighted by Gasteiger charge is 1.97. The zero-order chi connectivity index (χ0) is 11.6. The smallest absolute Gasteiger partial charge is 0.144 e. The normalized spacial score (nSPS) is 10.9. The van der Waals surface area contributed by atoms with Gasteiger partial charge in [-0.1, -0.05) is 13.0 Å². The Labute approximate surface area is 97.5 Å². The Morgan fingerprint density at radius 1 is 1.44 bits per heavy atom. The number of nitrogens with one attached hydrogen (secondary N) is 1. The molecule has 0 radical (unpaired) electrons. The molecule has 0 bridgehead atoms. The van der Waals surface area contributed by atoms with Crippen LogP contribution in [0, 0.1) is 0 Å². The number of nitrogens with zero attached hydrogens (tertiary/aromatic N) is 1. The molecule has 0 amide bonds. The van der Waals surface area contributed by atoms with Crippen molar-refractivity contribution in [3.8, 4) is 5.75 Å². The van der Waals surface area contributed by atoms with Crippen molar-refractivity contribution in [2.45, 2.75) is 19.8 Å². The zero-order valence-electron chi connectivity index (χ0n) is 10.1. The number of methoxy groups -OCH3 is 1. The summed E-state index contributed by atoms with van der Waals surface area (Å²) in [6.45, 7) is 4.27. The van der Waals surface area contributed by atoms with Gasteiger partial charge in [0.05, 0.1) is 7.11 Å². The second-order valence-corrected chi connectivity index (χ2v) is 3.53. The molecule has 0 saturated heterocycles. The fourth-order valence-corrected chi connectivity index (χ4v) is 1.38. The van der Waals surface area contributed by atoms with Crippen molar-refractivity contribution >= 4 is 6.08 Å². The molecule has 1 heterocycles. The van der Waals surface area contributed by atoms with Crippen LogP contribution in [0.2, 0.25) is 0 Å². The molecule has 88 valence electrons. The van der Waals surface area contributed by atoms with Gasteiger partial charge in [-0.2, -0.15) is 0 Å². The molecule has 0 atom stereocenters. The first-order valence-electron chi connectivity index (χ1n) is 5.74. The Morgan fingerprint density at radius 3 is 3.06 bits per heavy atom. The quantitative estimate of drug-likeness (QED) is 0.717. The van der Waals surface area contributed by atoms with Crippen LogP contribution >= 0.6 is 0 Å². The molecule has 0 aliphatic heterocycles. The molecular weight excluding hydrogens is 200 g/mol. The fraction of sp³-hybridized carbons (Fsp3) is 0.462. The number of pyridine rings is 1. The van der Waals surface area contributed by atoms with Crippen molar-refractivity contribution in [1.82, 2.24) is 10.3 Å². The molecule has 0 fully saturated rings. The van der Waals surface area contributed by atoms with Crippen molar-refractivity contribution < 1.29 is 4.74 Å². The maximum atomic E-state index is 5.21. The van der Waals surface area contributed by atoms with E-state index in [-0.39, 0.29) is 0 Å². The van der Waals surface area contributed by atoms with E-state index in [9.17, 15) is 0 Å². The standard InChI is InChI=1S/C13H20N2O/c1-3-9-14-10-5-4-7-12-13(16-2)8-6-11-15-12/h4,6-8,11,14H,3,5,9-10H2,1-2H3/b7-4+. The summed E-state index contributed by atoms with van der Waals surface area (Å²) in [7, 11) is 1.66. The van der Waals surface area contributed by atoms with E-state index in [0.29, 0.717) is 0 Å². The molecule has 0 unspecified atom stereocenters. The third kappa shape index (κ3) is 4.45. The molecule has 16 heavy (non-hydrogen) atoms. The molecule has 0 aliphatic carbocycles. The first-order valence-corrected chi connectivity index (χ1v) is 5.74. The van der Waals surface area contributed by atoms with Gasteiger partial charge in [0.25, 0.3) is 0 Å². The van der Waals surface area contributed by atoms with E-state index in [1.54, 1.807) is 13.3 Å². The molecular formula is C13H20N2O. The summed E-state index contributed by atoms with van der Waals surface area (Å²) in [6, 6.07) is 3.79. The number of hydrogen-bond acceptors (Lipinski definition) is 3. The molecule has 1 aromatic rings. The van der Waals surface area contributed by atoms with Crippen LogP contribution in [0.1, 0.15) is 25.5 Å². The van der Waals surface area contributed by atoms with Crippen LogP contribution in [0.5, 0.6) is 5.75 Å². The topological polar surface area (TPSA) is 34.2 Å². The fourth-order valence-electron chi connectivity index (χ4n) is 1.38. The predicted octanol–water partition coefficient (Wildman–Crippen LogP) is 2.49. The third-order valence-corrected chi connectivity index (χ3v) is 2.21. The molecule has 3 heteroatoms. The zero-order valence-corrected chi connectivity index (χ0v) is 10.1. The van der Waals surface area contributed by atoms with Gasteiger partial charge in [0.15, 0.2) is 0 Å². The molecule has 0 aromatic carbocycles. The van der Waals surface area contributed by atoms with Crippen molar-refractivity contribution in [2.24, 2.45) is 0 Å². The van der Waals surface area contributed by atoms with Gasteiger partial charge in [-0.15, -0.1) is 0 Å². The van der Waals surface area contributed by atoms with E-state index in [1.807, 2.05) is 18.2 Å². The summed E-state index contributed by atoms with van der Waals surface area (Å²) < 4.78 is 5.21. The lowest BCUT2D eigenvalue weighted by Gasteiger charge is -2.02. The number of aromatic nitrogens is 1. The summed E-state index contributed by atoms with van der Waals surface area (Å²) in [5.41, 5.74) is 0.889. The molecule has 0 saturated carbocycles. The van der Waals surface area contributed by atoms with Crippen molar-refractivity contribution in [3.05, 3.63) is 30.1 Å². The monoisotopic (exact) mass is 220 g/mol. The lowest BCUT2D eigenvalue weighted by atomic mass is 10.2. The van der Waals surface area contributed by atoms with Crippen LogP contribution in [0.25, 0.3) is 6.08 Å². The summed E-state index contributed by atoms with van der Waals surface area (Å²) in [4.78, 5) is 4.25. The van der Waals surface area contributed by atoms with Crippen LogP contribution in [0.4, 0.5) is 0 Å². The van der Waals surface area contributed by atoms with E-state index in [1.165, 1.54) is 6.42 Å². The Kier molecular flexibility index (Phi) is 6.26. The van der Waals surface area contributed by atoms with E-state index in [4.69, 9.17) is 4.74 Å². The molecule has 1 aromatic heterocycles. The van der Waals surface area contributed by atoms with E-state index in [0.717, 1.165) is 31.0 Å². The maximum absolute atomic E-state index is 5.21. The molecule has 0 aliphatic rings. The summed E-state index contributed by atoms with van der Waals surface area (Å²) in [5.74, 6) is 0.820. The van der Waals surface area contributed by atoms with Crippen LogP contribution < -0.4 is 10.1 Å². The second kappa shape index (κ2) is 7.88. The SMILES string of the molecule is CCCNCC/C=C/c1ncccc1OC. The number of ether oxygens (including phenoxy) is 1. The van der Waals surface area contributed by atoms with E-state index >= 15 is 0 Å². The van der Waals surface area contributed by atoms with Gasteiger partial charge >= 0.3 is 0 Å². The summed E-state index contributed by atoms with van der Waals surface area (Å²) >= 11 is 0. The number of hydrogen-bond donors (Lipinski definition) is 1. The Bertz CT molecular complexity index is 323. The van der Waals surface area contributed by atoms with Gasteiger partial charge in [0, 0.05) is 6.20 Å². The van der Waals surface area contributed by atoms with Crippen molar-refractivity contribution in [3.63, 3.8) is 0 Å². The average molecular weight is 220 g/mol. The Balaban J connectivity index is 2.37. The summed E-state index contributed by atoms with van der Waals surface area (Å²) in [6.07, 6.45) is 8.09. The predicted molar refractivity (Wildman–Crippen MR) is 67.6 cm³/mol. The first kappa shape index (κ1) is 12.7. The molecule has 1 rings (SSSR count). The van der Waals surface area contributed by atoms with Crippen LogP contribution in [-0.2, 0) is 0 Å². The minimum atomic E-state index is 0.820. The molecule has 3 nitrogen and oxygen atoms in total. The lowest BCUT2D eigenvalue weighted by Crippen LogP contribution is -2.14. The van der Waals surface area contributed by atoms with Gasteiger partial charge in [-0.3, -0.25) is 4.98 Å². The minimum absolute atomic E-state index is 0.820. The number of rotatable bonds is 7. The summed E-state index contributed by atoms with van der Waals surface area (Å²) in [5, 5.41) is 3.35. The van der Waals surface area contributed by atoms with Gasteiger partial charge in [-0.25, -0.2) is 0 Å². The highest BCUT2D eigenvalue weighted by molar-refractivity contribution is 5.52. The van der Waals surface area contributed by atoms with Crippen molar-refractivity contribution in [2.75, 3.05) is 20.2 Å². The average Bonchev–Trinajstić information content (AvgIpc) is 2.34. The highest BCUT2D eigenvalue weighted by atomic mass is 16.5. The minimum Gasteiger partial charge on any atom is -0.494 e.